The molecule has 0 atom stereocenters. The van der Waals surface area contributed by atoms with Crippen molar-refractivity contribution in [2.45, 2.75) is 12.7 Å². The molecule has 2 aromatic carbocycles. The van der Waals surface area contributed by atoms with Crippen LogP contribution in [0.5, 0.6) is 0 Å². The Morgan fingerprint density at radius 1 is 0.900 bits per heavy atom. The van der Waals surface area contributed by atoms with Crippen molar-refractivity contribution in [3.05, 3.63) is 63.6 Å². The van der Waals surface area contributed by atoms with Gasteiger partial charge in [0.2, 0.25) is 0 Å². The number of nitrogens with one attached hydrogen (secondary N) is 1. The fourth-order valence-electron chi connectivity index (χ4n) is 1.69. The molecule has 6 heteroatoms. The molecule has 20 heavy (non-hydrogen) atoms. The van der Waals surface area contributed by atoms with Gasteiger partial charge in [-0.15, -0.1) is 0 Å². The molecular formula is C14H10Cl2F3N. The predicted octanol–water partition coefficient (Wildman–Crippen LogP) is 5.62. The standard InChI is InChI=1S/C14H10Cl2F3N/c15-11-5-9(6-12(16)7-11)8-20-13-3-1-10(2-4-13)14(17,18)19/h1-7,20H,8H2. The molecule has 0 aliphatic rings. The van der Waals surface area contributed by atoms with Crippen LogP contribution in [0.4, 0.5) is 18.9 Å². The Labute approximate surface area is 124 Å². The average Bonchev–Trinajstić information content (AvgIpc) is 2.35. The van der Waals surface area contributed by atoms with Crippen molar-refractivity contribution in [3.8, 4) is 0 Å². The van der Waals surface area contributed by atoms with E-state index in [1.165, 1.54) is 12.1 Å². The Balaban J connectivity index is 2.04. The molecule has 0 amide bonds. The summed E-state index contributed by atoms with van der Waals surface area (Å²) in [4.78, 5) is 0. The lowest BCUT2D eigenvalue weighted by Crippen LogP contribution is -2.05. The second kappa shape index (κ2) is 5.94. The van der Waals surface area contributed by atoms with Gasteiger partial charge < -0.3 is 5.32 Å². The quantitative estimate of drug-likeness (QED) is 0.773. The molecule has 0 fully saturated rings. The van der Waals surface area contributed by atoms with E-state index >= 15 is 0 Å². The molecule has 0 aliphatic heterocycles. The Morgan fingerprint density at radius 2 is 1.45 bits per heavy atom. The minimum Gasteiger partial charge on any atom is -0.381 e. The van der Waals surface area contributed by atoms with Crippen LogP contribution < -0.4 is 5.32 Å². The van der Waals surface area contributed by atoms with Crippen molar-refractivity contribution >= 4 is 28.9 Å². The molecule has 0 bridgehead atoms. The Morgan fingerprint density at radius 3 is 1.95 bits per heavy atom. The smallest absolute Gasteiger partial charge is 0.381 e. The minimum atomic E-state index is -4.32. The van der Waals surface area contributed by atoms with Gasteiger partial charge in [0.25, 0.3) is 0 Å². The van der Waals surface area contributed by atoms with Crippen LogP contribution >= 0.6 is 23.2 Å². The lowest BCUT2D eigenvalue weighted by atomic mass is 10.2. The van der Waals surface area contributed by atoms with Crippen LogP contribution in [0.3, 0.4) is 0 Å². The van der Waals surface area contributed by atoms with E-state index in [-0.39, 0.29) is 0 Å². The first-order chi connectivity index (χ1) is 9.34. The van der Waals surface area contributed by atoms with E-state index in [4.69, 9.17) is 23.2 Å². The maximum absolute atomic E-state index is 12.4. The highest BCUT2D eigenvalue weighted by Gasteiger charge is 2.29. The van der Waals surface area contributed by atoms with Crippen LogP contribution in [-0.2, 0) is 12.7 Å². The maximum atomic E-state index is 12.4. The molecule has 1 N–H and O–H groups in total. The van der Waals surface area contributed by atoms with Crippen LogP contribution in [0.2, 0.25) is 10.0 Å². The summed E-state index contributed by atoms with van der Waals surface area (Å²) in [6.45, 7) is 0.422. The molecule has 0 aromatic heterocycles. The number of rotatable bonds is 3. The highest BCUT2D eigenvalue weighted by Crippen LogP contribution is 2.30. The van der Waals surface area contributed by atoms with Gasteiger partial charge in [-0.1, -0.05) is 23.2 Å². The second-order valence-corrected chi connectivity index (χ2v) is 5.08. The van der Waals surface area contributed by atoms with Gasteiger partial charge in [0.1, 0.15) is 0 Å². The lowest BCUT2D eigenvalue weighted by Gasteiger charge is -2.10. The largest absolute Gasteiger partial charge is 0.416 e. The van der Waals surface area contributed by atoms with Gasteiger partial charge in [-0.2, -0.15) is 13.2 Å². The van der Waals surface area contributed by atoms with Crippen molar-refractivity contribution in [3.63, 3.8) is 0 Å². The number of hydrogen-bond donors (Lipinski definition) is 1. The topological polar surface area (TPSA) is 12.0 Å². The van der Waals surface area contributed by atoms with Crippen molar-refractivity contribution in [1.29, 1.82) is 0 Å². The summed E-state index contributed by atoms with van der Waals surface area (Å²) in [5.74, 6) is 0. The van der Waals surface area contributed by atoms with E-state index in [0.29, 0.717) is 22.3 Å². The molecular weight excluding hydrogens is 310 g/mol. The molecule has 1 nitrogen and oxygen atoms in total. The van der Waals surface area contributed by atoms with Gasteiger partial charge in [0.15, 0.2) is 0 Å². The predicted molar refractivity (Wildman–Crippen MR) is 75.2 cm³/mol. The minimum absolute atomic E-state index is 0.422. The van der Waals surface area contributed by atoms with Crippen LogP contribution in [0, 0.1) is 0 Å². The van der Waals surface area contributed by atoms with Crippen LogP contribution in [-0.4, -0.2) is 0 Å². The van der Waals surface area contributed by atoms with Crippen molar-refractivity contribution in [1.82, 2.24) is 0 Å². The average molecular weight is 320 g/mol. The lowest BCUT2D eigenvalue weighted by molar-refractivity contribution is -0.137. The number of hydrogen-bond acceptors (Lipinski definition) is 1. The van der Waals surface area contributed by atoms with Crippen molar-refractivity contribution in [2.75, 3.05) is 5.32 Å². The van der Waals surface area contributed by atoms with Gasteiger partial charge in [-0.05, 0) is 48.0 Å². The highest BCUT2D eigenvalue weighted by atomic mass is 35.5. The van der Waals surface area contributed by atoms with Gasteiger partial charge >= 0.3 is 6.18 Å². The Bertz CT molecular complexity index is 574. The van der Waals surface area contributed by atoms with Gasteiger partial charge in [0.05, 0.1) is 5.56 Å². The summed E-state index contributed by atoms with van der Waals surface area (Å²) in [5, 5.41) is 4.04. The molecule has 0 radical (unpaired) electrons. The third kappa shape index (κ3) is 4.05. The molecule has 0 aliphatic carbocycles. The van der Waals surface area contributed by atoms with Crippen molar-refractivity contribution in [2.24, 2.45) is 0 Å². The van der Waals surface area contributed by atoms with E-state index in [1.807, 2.05) is 0 Å². The molecule has 0 unspecified atom stereocenters. The first kappa shape index (κ1) is 15.0. The fraction of sp³-hybridized carbons (Fsp3) is 0.143. The summed E-state index contributed by atoms with van der Waals surface area (Å²) in [7, 11) is 0. The summed E-state index contributed by atoms with van der Waals surface area (Å²) in [5.41, 5.74) is 0.769. The molecule has 0 heterocycles. The Kier molecular flexibility index (Phi) is 4.45. The Hall–Kier alpha value is -1.39. The van der Waals surface area contributed by atoms with Crippen molar-refractivity contribution < 1.29 is 13.2 Å². The van der Waals surface area contributed by atoms with Crippen LogP contribution in [0.1, 0.15) is 11.1 Å². The first-order valence-corrected chi connectivity index (χ1v) is 6.46. The van der Waals surface area contributed by atoms with E-state index in [2.05, 4.69) is 5.32 Å². The number of halogens is 5. The maximum Gasteiger partial charge on any atom is 0.416 e. The van der Waals surface area contributed by atoms with E-state index in [1.54, 1.807) is 18.2 Å². The SMILES string of the molecule is FC(F)(F)c1ccc(NCc2cc(Cl)cc(Cl)c2)cc1. The number of alkyl halides is 3. The normalized spacial score (nSPS) is 11.4. The second-order valence-electron chi connectivity index (χ2n) is 4.21. The van der Waals surface area contributed by atoms with E-state index < -0.39 is 11.7 Å². The zero-order valence-corrected chi connectivity index (χ0v) is 11.7. The van der Waals surface area contributed by atoms with Crippen LogP contribution in [0.15, 0.2) is 42.5 Å². The number of anilines is 1. The zero-order chi connectivity index (χ0) is 14.8. The van der Waals surface area contributed by atoms with Gasteiger partial charge in [0, 0.05) is 22.3 Å². The molecule has 2 aromatic rings. The number of benzene rings is 2. The van der Waals surface area contributed by atoms with Gasteiger partial charge in [-0.3, -0.25) is 0 Å². The monoisotopic (exact) mass is 319 g/mol. The highest BCUT2D eigenvalue weighted by molar-refractivity contribution is 6.34. The summed E-state index contributed by atoms with van der Waals surface area (Å²) >= 11 is 11.7. The molecule has 0 saturated heterocycles. The van der Waals surface area contributed by atoms with Crippen LogP contribution in [0.25, 0.3) is 0 Å². The third-order valence-corrected chi connectivity index (χ3v) is 3.07. The third-order valence-electron chi connectivity index (χ3n) is 2.63. The first-order valence-electron chi connectivity index (χ1n) is 5.71. The summed E-state index contributed by atoms with van der Waals surface area (Å²) in [6.07, 6.45) is -4.32. The zero-order valence-electron chi connectivity index (χ0n) is 10.1. The summed E-state index contributed by atoms with van der Waals surface area (Å²) < 4.78 is 37.2. The van der Waals surface area contributed by atoms with E-state index in [0.717, 1.165) is 17.7 Å². The van der Waals surface area contributed by atoms with Gasteiger partial charge in [-0.25, -0.2) is 0 Å². The molecule has 0 saturated carbocycles. The summed E-state index contributed by atoms with van der Waals surface area (Å²) in [6, 6.07) is 9.93. The fourth-order valence-corrected chi connectivity index (χ4v) is 2.27. The van der Waals surface area contributed by atoms with E-state index in [9.17, 15) is 13.2 Å². The molecule has 2 rings (SSSR count). The molecule has 0 spiro atoms. The molecule has 106 valence electrons.